The molecule has 1 heterocycles. The summed E-state index contributed by atoms with van der Waals surface area (Å²) in [5, 5.41) is 12.0. The molecule has 2 atom stereocenters. The monoisotopic (exact) mass is 257 g/mol. The van der Waals surface area contributed by atoms with Gasteiger partial charge in [0.05, 0.1) is 19.3 Å². The van der Waals surface area contributed by atoms with Crippen molar-refractivity contribution >= 4 is 11.9 Å². The predicted molar refractivity (Wildman–Crippen MR) is 67.2 cm³/mol. The summed E-state index contributed by atoms with van der Waals surface area (Å²) in [6, 6.07) is -0.442. The summed E-state index contributed by atoms with van der Waals surface area (Å²) < 4.78 is 5.18. The number of carboxylic acids is 1. The van der Waals surface area contributed by atoms with E-state index in [1.165, 1.54) is 0 Å². The number of hydrogen-bond donors (Lipinski definition) is 2. The topological polar surface area (TPSA) is 75.6 Å². The van der Waals surface area contributed by atoms with E-state index < -0.39 is 17.4 Å². The van der Waals surface area contributed by atoms with E-state index in [-0.39, 0.29) is 24.5 Å². The summed E-state index contributed by atoms with van der Waals surface area (Å²) in [4.78, 5) is 23.0. The Balaban J connectivity index is 2.52. The summed E-state index contributed by atoms with van der Waals surface area (Å²) in [7, 11) is 0. The number of amides is 1. The Bertz CT molecular complexity index is 334. The number of aliphatic carboxylic acids is 1. The Labute approximate surface area is 108 Å². The lowest BCUT2D eigenvalue weighted by molar-refractivity contribution is -0.149. The van der Waals surface area contributed by atoms with E-state index in [0.29, 0.717) is 6.42 Å². The molecule has 1 saturated heterocycles. The first-order valence-electron chi connectivity index (χ1n) is 6.26. The summed E-state index contributed by atoms with van der Waals surface area (Å²) in [6.07, 6.45) is 1.19. The van der Waals surface area contributed by atoms with Gasteiger partial charge in [0, 0.05) is 6.42 Å². The van der Waals surface area contributed by atoms with E-state index in [0.717, 1.165) is 6.42 Å². The second kappa shape index (κ2) is 5.26. The molecule has 1 amide bonds. The number of carbonyl (C=O) groups excluding carboxylic acids is 1. The molecule has 2 unspecified atom stereocenters. The van der Waals surface area contributed by atoms with Crippen LogP contribution >= 0.6 is 0 Å². The molecule has 0 saturated carbocycles. The number of nitrogens with one attached hydrogen (secondary N) is 1. The molecule has 1 aliphatic heterocycles. The van der Waals surface area contributed by atoms with E-state index in [2.05, 4.69) is 26.1 Å². The first kappa shape index (κ1) is 15.0. The van der Waals surface area contributed by atoms with Crippen molar-refractivity contribution in [3.63, 3.8) is 0 Å². The molecule has 2 N–H and O–H groups in total. The Morgan fingerprint density at radius 3 is 2.56 bits per heavy atom. The maximum Gasteiger partial charge on any atom is 0.313 e. The van der Waals surface area contributed by atoms with E-state index in [1.807, 2.05) is 0 Å². The zero-order chi connectivity index (χ0) is 14.0. The van der Waals surface area contributed by atoms with Gasteiger partial charge in [-0.3, -0.25) is 9.59 Å². The molecule has 18 heavy (non-hydrogen) atoms. The van der Waals surface area contributed by atoms with Gasteiger partial charge in [-0.2, -0.15) is 0 Å². The average Bonchev–Trinajstić information content (AvgIpc) is 2.58. The molecular weight excluding hydrogens is 234 g/mol. The second-order valence-corrected chi connectivity index (χ2v) is 6.42. The lowest BCUT2D eigenvalue weighted by Crippen LogP contribution is -2.49. The molecule has 0 aromatic rings. The molecule has 0 bridgehead atoms. The van der Waals surface area contributed by atoms with Gasteiger partial charge in [0.1, 0.15) is 5.41 Å². The Hall–Kier alpha value is -1.10. The Morgan fingerprint density at radius 2 is 2.06 bits per heavy atom. The fourth-order valence-corrected chi connectivity index (χ4v) is 1.84. The van der Waals surface area contributed by atoms with Crippen LogP contribution in [-0.4, -0.2) is 36.2 Å². The second-order valence-electron chi connectivity index (χ2n) is 6.42. The Kier molecular flexibility index (Phi) is 4.37. The van der Waals surface area contributed by atoms with Crippen molar-refractivity contribution in [3.05, 3.63) is 0 Å². The zero-order valence-electron chi connectivity index (χ0n) is 11.6. The minimum Gasteiger partial charge on any atom is -0.481 e. The fraction of sp³-hybridized carbons (Fsp3) is 0.846. The Morgan fingerprint density at radius 1 is 1.44 bits per heavy atom. The maximum atomic E-state index is 11.8. The van der Waals surface area contributed by atoms with Gasteiger partial charge in [-0.1, -0.05) is 20.8 Å². The molecule has 0 spiro atoms. The van der Waals surface area contributed by atoms with Crippen LogP contribution in [0.25, 0.3) is 0 Å². The van der Waals surface area contributed by atoms with Gasteiger partial charge >= 0.3 is 5.97 Å². The van der Waals surface area contributed by atoms with Crippen molar-refractivity contribution in [2.24, 2.45) is 10.8 Å². The van der Waals surface area contributed by atoms with E-state index in [4.69, 9.17) is 4.74 Å². The van der Waals surface area contributed by atoms with Gasteiger partial charge < -0.3 is 15.2 Å². The number of carbonyl (C=O) groups is 2. The third kappa shape index (κ3) is 3.70. The molecule has 0 aromatic heterocycles. The molecule has 1 fully saturated rings. The van der Waals surface area contributed by atoms with Crippen LogP contribution in [0.2, 0.25) is 0 Å². The third-order valence-electron chi connectivity index (χ3n) is 3.38. The summed E-state index contributed by atoms with van der Waals surface area (Å²) >= 11 is 0. The van der Waals surface area contributed by atoms with Gasteiger partial charge in [0.15, 0.2) is 0 Å². The van der Waals surface area contributed by atoms with E-state index in [9.17, 15) is 14.7 Å². The standard InChI is InChI=1S/C13H23NO4/c1-12(2,3)6-5-10(15)14-9-7-18-8-13(9,4)11(16)17/h9H,5-8H2,1-4H3,(H,14,15)(H,16,17). The normalized spacial score (nSPS) is 28.1. The number of ether oxygens (including phenoxy) is 1. The van der Waals surface area contributed by atoms with Gasteiger partial charge in [-0.05, 0) is 18.8 Å². The highest BCUT2D eigenvalue weighted by Crippen LogP contribution is 2.29. The van der Waals surface area contributed by atoms with Crippen LogP contribution in [0.5, 0.6) is 0 Å². The van der Waals surface area contributed by atoms with Crippen molar-refractivity contribution in [1.29, 1.82) is 0 Å². The van der Waals surface area contributed by atoms with Crippen LogP contribution in [-0.2, 0) is 14.3 Å². The van der Waals surface area contributed by atoms with E-state index in [1.54, 1.807) is 6.92 Å². The highest BCUT2D eigenvalue weighted by molar-refractivity contribution is 5.80. The van der Waals surface area contributed by atoms with Gasteiger partial charge in [0.2, 0.25) is 5.91 Å². The number of hydrogen-bond acceptors (Lipinski definition) is 3. The minimum atomic E-state index is -1.02. The SMILES string of the molecule is CC(C)(C)CCC(=O)NC1COCC1(C)C(=O)O. The minimum absolute atomic E-state index is 0.0968. The first-order chi connectivity index (χ1) is 8.15. The lowest BCUT2D eigenvalue weighted by Gasteiger charge is -2.26. The molecule has 5 heteroatoms. The fourth-order valence-electron chi connectivity index (χ4n) is 1.84. The smallest absolute Gasteiger partial charge is 0.313 e. The van der Waals surface area contributed by atoms with Crippen LogP contribution in [0.15, 0.2) is 0 Å². The first-order valence-corrected chi connectivity index (χ1v) is 6.26. The molecule has 5 nitrogen and oxygen atoms in total. The van der Waals surface area contributed by atoms with Gasteiger partial charge in [0.25, 0.3) is 0 Å². The average molecular weight is 257 g/mol. The van der Waals surface area contributed by atoms with Gasteiger partial charge in [-0.15, -0.1) is 0 Å². The summed E-state index contributed by atoms with van der Waals surface area (Å²) in [5.74, 6) is -1.03. The van der Waals surface area contributed by atoms with Crippen LogP contribution in [0.3, 0.4) is 0 Å². The number of carboxylic acid groups (broad SMARTS) is 1. The van der Waals surface area contributed by atoms with Crippen LogP contribution < -0.4 is 5.32 Å². The van der Waals surface area contributed by atoms with Crippen molar-refractivity contribution < 1.29 is 19.4 Å². The maximum absolute atomic E-state index is 11.8. The lowest BCUT2D eigenvalue weighted by atomic mass is 9.85. The van der Waals surface area contributed by atoms with Gasteiger partial charge in [-0.25, -0.2) is 0 Å². The van der Waals surface area contributed by atoms with Crippen molar-refractivity contribution in [1.82, 2.24) is 5.32 Å². The van der Waals surface area contributed by atoms with Crippen LogP contribution in [0.1, 0.15) is 40.5 Å². The van der Waals surface area contributed by atoms with E-state index >= 15 is 0 Å². The van der Waals surface area contributed by atoms with Crippen LogP contribution in [0.4, 0.5) is 0 Å². The molecule has 0 radical (unpaired) electrons. The molecule has 0 aliphatic carbocycles. The van der Waals surface area contributed by atoms with Crippen molar-refractivity contribution in [2.45, 2.75) is 46.6 Å². The molecular formula is C13H23NO4. The largest absolute Gasteiger partial charge is 0.481 e. The predicted octanol–water partition coefficient (Wildman–Crippen LogP) is 1.42. The number of rotatable bonds is 4. The molecule has 0 aromatic carbocycles. The molecule has 1 rings (SSSR count). The molecule has 104 valence electrons. The zero-order valence-corrected chi connectivity index (χ0v) is 11.6. The van der Waals surface area contributed by atoms with Crippen molar-refractivity contribution in [2.75, 3.05) is 13.2 Å². The third-order valence-corrected chi connectivity index (χ3v) is 3.38. The van der Waals surface area contributed by atoms with Crippen LogP contribution in [0, 0.1) is 10.8 Å². The quantitative estimate of drug-likeness (QED) is 0.798. The highest BCUT2D eigenvalue weighted by atomic mass is 16.5. The molecule has 1 aliphatic rings. The van der Waals surface area contributed by atoms with Crippen molar-refractivity contribution in [3.8, 4) is 0 Å². The summed E-state index contributed by atoms with van der Waals surface area (Å²) in [6.45, 7) is 8.23. The summed E-state index contributed by atoms with van der Waals surface area (Å²) in [5.41, 5.74) is -0.920. The highest BCUT2D eigenvalue weighted by Gasteiger charge is 2.47.